The molecule has 4 amide bonds. The minimum atomic E-state index is -0.425. The van der Waals surface area contributed by atoms with E-state index in [9.17, 15) is 19.2 Å². The zero-order valence-corrected chi connectivity index (χ0v) is 19.4. The van der Waals surface area contributed by atoms with Crippen LogP contribution < -0.4 is 10.6 Å². The van der Waals surface area contributed by atoms with Crippen LogP contribution in [-0.4, -0.2) is 72.2 Å². The second kappa shape index (κ2) is 11.9. The average Bonchev–Trinajstić information content (AvgIpc) is 3.25. The van der Waals surface area contributed by atoms with E-state index in [4.69, 9.17) is 0 Å². The van der Waals surface area contributed by atoms with E-state index in [0.29, 0.717) is 24.9 Å². The van der Waals surface area contributed by atoms with Crippen LogP contribution in [0.4, 0.5) is 0 Å². The van der Waals surface area contributed by atoms with Crippen molar-refractivity contribution in [1.29, 1.82) is 0 Å². The van der Waals surface area contributed by atoms with E-state index < -0.39 is 6.04 Å². The lowest BCUT2D eigenvalue weighted by Crippen LogP contribution is -2.49. The van der Waals surface area contributed by atoms with Gasteiger partial charge in [0.05, 0.1) is 12.6 Å². The first-order valence-electron chi connectivity index (χ1n) is 11.5. The molecule has 1 aliphatic carbocycles. The predicted molar refractivity (Wildman–Crippen MR) is 119 cm³/mol. The van der Waals surface area contributed by atoms with Crippen molar-refractivity contribution in [3.63, 3.8) is 0 Å². The normalized spacial score (nSPS) is 21.0. The first-order chi connectivity index (χ1) is 14.8. The van der Waals surface area contributed by atoms with Gasteiger partial charge < -0.3 is 20.4 Å². The zero-order valence-electron chi connectivity index (χ0n) is 19.4. The molecule has 8 nitrogen and oxygen atoms in total. The molecule has 2 aliphatic rings. The lowest BCUT2D eigenvalue weighted by Gasteiger charge is -2.31. The third kappa shape index (κ3) is 6.80. The summed E-state index contributed by atoms with van der Waals surface area (Å²) in [6, 6.07) is -0.492. The summed E-state index contributed by atoms with van der Waals surface area (Å²) < 4.78 is 0. The van der Waals surface area contributed by atoms with Crippen LogP contribution in [0.25, 0.3) is 0 Å². The van der Waals surface area contributed by atoms with Crippen LogP contribution >= 0.6 is 0 Å². The quantitative estimate of drug-likeness (QED) is 0.425. The molecule has 31 heavy (non-hydrogen) atoms. The van der Waals surface area contributed by atoms with Gasteiger partial charge in [-0.25, -0.2) is 0 Å². The summed E-state index contributed by atoms with van der Waals surface area (Å²) in [5, 5.41) is 5.54. The van der Waals surface area contributed by atoms with Gasteiger partial charge >= 0.3 is 0 Å². The van der Waals surface area contributed by atoms with Crippen LogP contribution in [0.15, 0.2) is 11.6 Å². The van der Waals surface area contributed by atoms with Crippen molar-refractivity contribution in [2.24, 2.45) is 5.92 Å². The van der Waals surface area contributed by atoms with Crippen LogP contribution in [0.3, 0.4) is 0 Å². The average molecular weight is 435 g/mol. The lowest BCUT2D eigenvalue weighted by atomic mass is 9.95. The Morgan fingerprint density at radius 1 is 1.10 bits per heavy atom. The predicted octanol–water partition coefficient (Wildman–Crippen LogP) is 1.60. The molecule has 0 spiro atoms. The molecule has 2 atom stereocenters. The van der Waals surface area contributed by atoms with E-state index >= 15 is 0 Å². The molecule has 2 rings (SSSR count). The summed E-state index contributed by atoms with van der Waals surface area (Å²) in [5.41, 5.74) is 0.527. The summed E-state index contributed by atoms with van der Waals surface area (Å²) in [6.45, 7) is 6.18. The van der Waals surface area contributed by atoms with Gasteiger partial charge in [-0.05, 0) is 38.5 Å². The van der Waals surface area contributed by atoms with E-state index in [2.05, 4.69) is 10.6 Å². The van der Waals surface area contributed by atoms with Gasteiger partial charge in [0.2, 0.25) is 24.1 Å². The van der Waals surface area contributed by atoms with E-state index in [1.165, 1.54) is 6.42 Å². The standard InChI is InChI=1S/C23H38N4O4/c1-16(2)20(26(4)21(29)14-24-15-28)13-17(3)23(31)27-12-8-11-19(27)22(30)25-18-9-6-5-7-10-18/h13,15-16,18-20H,5-12,14H2,1-4H3,(H,24,28)(H,25,30)/b17-13+/t19-,20+/m0/s1. The molecule has 2 N–H and O–H groups in total. The van der Waals surface area contributed by atoms with Crippen molar-refractivity contribution in [2.45, 2.75) is 83.8 Å². The van der Waals surface area contributed by atoms with Crippen LogP contribution in [-0.2, 0) is 19.2 Å². The molecule has 1 heterocycles. The second-order valence-corrected chi connectivity index (χ2v) is 9.09. The number of nitrogens with zero attached hydrogens (tertiary/aromatic N) is 2. The number of likely N-dealkylation sites (tertiary alicyclic amines) is 1. The monoisotopic (exact) mass is 434 g/mol. The van der Waals surface area contributed by atoms with Gasteiger partial charge in [-0.2, -0.15) is 0 Å². The fraction of sp³-hybridized carbons (Fsp3) is 0.739. The topological polar surface area (TPSA) is 98.8 Å². The van der Waals surface area contributed by atoms with Gasteiger partial charge in [0.25, 0.3) is 0 Å². The third-order valence-corrected chi connectivity index (χ3v) is 6.39. The minimum Gasteiger partial charge on any atom is -0.352 e. The summed E-state index contributed by atoms with van der Waals surface area (Å²) in [7, 11) is 1.67. The highest BCUT2D eigenvalue weighted by atomic mass is 16.2. The van der Waals surface area contributed by atoms with Crippen LogP contribution in [0.5, 0.6) is 0 Å². The molecule has 0 radical (unpaired) electrons. The largest absolute Gasteiger partial charge is 0.352 e. The van der Waals surface area contributed by atoms with E-state index in [-0.39, 0.29) is 42.3 Å². The SMILES string of the molecule is C/C(=C\[C@H](C(C)C)N(C)C(=O)CNC=O)C(=O)N1CCC[C@H]1C(=O)NC1CCCCC1. The molecule has 0 aromatic heterocycles. The molecule has 0 bridgehead atoms. The van der Waals surface area contributed by atoms with Crippen molar-refractivity contribution >= 4 is 24.1 Å². The second-order valence-electron chi connectivity index (χ2n) is 9.09. The van der Waals surface area contributed by atoms with Crippen molar-refractivity contribution in [3.05, 3.63) is 11.6 Å². The van der Waals surface area contributed by atoms with Gasteiger partial charge in [-0.1, -0.05) is 39.2 Å². The molecule has 174 valence electrons. The van der Waals surface area contributed by atoms with Gasteiger partial charge in [0.15, 0.2) is 0 Å². The van der Waals surface area contributed by atoms with E-state index in [1.807, 2.05) is 13.8 Å². The number of carbonyl (C=O) groups is 4. The smallest absolute Gasteiger partial charge is 0.249 e. The molecule has 1 saturated heterocycles. The Morgan fingerprint density at radius 3 is 2.39 bits per heavy atom. The van der Waals surface area contributed by atoms with Gasteiger partial charge in [0.1, 0.15) is 6.04 Å². The fourth-order valence-corrected chi connectivity index (χ4v) is 4.55. The van der Waals surface area contributed by atoms with Crippen molar-refractivity contribution in [3.8, 4) is 0 Å². The Balaban J connectivity index is 2.07. The highest BCUT2D eigenvalue weighted by molar-refractivity contribution is 5.97. The Labute approximate surface area is 185 Å². The summed E-state index contributed by atoms with van der Waals surface area (Å²) >= 11 is 0. The Bertz CT molecular complexity index is 685. The number of rotatable bonds is 9. The zero-order chi connectivity index (χ0) is 23.0. The molecular weight excluding hydrogens is 396 g/mol. The van der Waals surface area contributed by atoms with Crippen molar-refractivity contribution in [2.75, 3.05) is 20.1 Å². The Morgan fingerprint density at radius 2 is 1.77 bits per heavy atom. The molecule has 8 heteroatoms. The summed E-state index contributed by atoms with van der Waals surface area (Å²) in [6.07, 6.45) is 9.33. The van der Waals surface area contributed by atoms with Gasteiger partial charge in [0, 0.05) is 25.2 Å². The number of hydrogen-bond acceptors (Lipinski definition) is 4. The number of likely N-dealkylation sites (N-methyl/N-ethyl adjacent to an activating group) is 1. The molecule has 1 aliphatic heterocycles. The Kier molecular flexibility index (Phi) is 9.52. The van der Waals surface area contributed by atoms with Crippen molar-refractivity contribution < 1.29 is 19.2 Å². The molecule has 0 aromatic rings. The van der Waals surface area contributed by atoms with Crippen LogP contribution in [0.1, 0.15) is 65.7 Å². The number of hydrogen-bond donors (Lipinski definition) is 2. The van der Waals surface area contributed by atoms with E-state index in [1.54, 1.807) is 29.8 Å². The maximum absolute atomic E-state index is 13.2. The first-order valence-corrected chi connectivity index (χ1v) is 11.5. The van der Waals surface area contributed by atoms with Gasteiger partial charge in [-0.3, -0.25) is 19.2 Å². The van der Waals surface area contributed by atoms with Gasteiger partial charge in [-0.15, -0.1) is 0 Å². The third-order valence-electron chi connectivity index (χ3n) is 6.39. The maximum Gasteiger partial charge on any atom is 0.249 e. The first kappa shape index (κ1) is 24.9. The molecule has 1 saturated carbocycles. The van der Waals surface area contributed by atoms with Crippen LogP contribution in [0, 0.1) is 5.92 Å². The minimum absolute atomic E-state index is 0.0433. The lowest BCUT2D eigenvalue weighted by molar-refractivity contribution is -0.136. The highest BCUT2D eigenvalue weighted by Gasteiger charge is 2.35. The van der Waals surface area contributed by atoms with Crippen LogP contribution in [0.2, 0.25) is 0 Å². The highest BCUT2D eigenvalue weighted by Crippen LogP contribution is 2.23. The molecular formula is C23H38N4O4. The Hall–Kier alpha value is -2.38. The number of nitrogens with one attached hydrogen (secondary N) is 2. The number of carbonyl (C=O) groups excluding carboxylic acids is 4. The maximum atomic E-state index is 13.2. The van der Waals surface area contributed by atoms with Crippen molar-refractivity contribution in [1.82, 2.24) is 20.4 Å². The number of amides is 4. The molecule has 2 fully saturated rings. The fourth-order valence-electron chi connectivity index (χ4n) is 4.55. The van der Waals surface area contributed by atoms with E-state index in [0.717, 1.165) is 32.1 Å². The molecule has 0 unspecified atom stereocenters. The summed E-state index contributed by atoms with van der Waals surface area (Å²) in [5.74, 6) is -0.345. The molecule has 0 aromatic carbocycles. The summed E-state index contributed by atoms with van der Waals surface area (Å²) in [4.78, 5) is 52.1.